The molecule has 1 amide bonds. The van der Waals surface area contributed by atoms with Gasteiger partial charge in [0.15, 0.2) is 11.5 Å². The molecule has 2 aliphatic heterocycles. The number of allylic oxidation sites excluding steroid dienone is 1. The van der Waals surface area contributed by atoms with E-state index in [4.69, 9.17) is 33.7 Å². The molecule has 386 valence electrons. The zero-order chi connectivity index (χ0) is 51.8. The number of non-ortho nitro benzene ring substituents is 1. The van der Waals surface area contributed by atoms with Crippen molar-refractivity contribution in [1.82, 2.24) is 4.90 Å². The minimum atomic E-state index is -1.55. The second-order valence-electron chi connectivity index (χ2n) is 20.3. The predicted molar refractivity (Wildman–Crippen MR) is 283 cm³/mol. The fourth-order valence-electron chi connectivity index (χ4n) is 10.9. The Labute approximate surface area is 432 Å². The summed E-state index contributed by atoms with van der Waals surface area (Å²) in [5, 5.41) is 36.7. The van der Waals surface area contributed by atoms with Gasteiger partial charge in [-0.05, 0) is 147 Å². The second kappa shape index (κ2) is 22.9. The third-order valence-corrected chi connectivity index (χ3v) is 14.2. The van der Waals surface area contributed by atoms with Gasteiger partial charge in [-0.1, -0.05) is 78.7 Å². The maximum absolute atomic E-state index is 15.4. The molecule has 14 nitrogen and oxygen atoms in total. The molecule has 0 aromatic heterocycles. The molecule has 5 aromatic rings. The summed E-state index contributed by atoms with van der Waals surface area (Å²) in [5.74, 6) is 0.225. The van der Waals surface area contributed by atoms with Crippen molar-refractivity contribution in [2.45, 2.75) is 95.6 Å². The number of amides is 1. The van der Waals surface area contributed by atoms with Crippen LogP contribution in [0.5, 0.6) is 28.7 Å². The number of oxime groups is 1. The molecule has 74 heavy (non-hydrogen) atoms. The summed E-state index contributed by atoms with van der Waals surface area (Å²) in [5.41, 5.74) is 5.27. The van der Waals surface area contributed by atoms with Gasteiger partial charge < -0.3 is 43.6 Å². The van der Waals surface area contributed by atoms with Crippen LogP contribution >= 0.6 is 0 Å². The zero-order valence-corrected chi connectivity index (χ0v) is 42.3. The maximum Gasteiger partial charge on any atom is 0.269 e. The van der Waals surface area contributed by atoms with Crippen molar-refractivity contribution in [2.75, 3.05) is 26.6 Å². The van der Waals surface area contributed by atoms with Gasteiger partial charge in [-0.15, -0.1) is 6.58 Å². The lowest BCUT2D eigenvalue weighted by Gasteiger charge is -2.60. The van der Waals surface area contributed by atoms with Crippen molar-refractivity contribution in [1.29, 1.82) is 0 Å². The number of nitrogens with zero attached hydrogens (tertiary/aromatic N) is 3. The minimum Gasteiger partial charge on any atom is -0.459 e. The van der Waals surface area contributed by atoms with E-state index < -0.39 is 28.3 Å². The summed E-state index contributed by atoms with van der Waals surface area (Å²) >= 11 is 0. The largest absolute Gasteiger partial charge is 0.459 e. The number of carbonyl (C=O) groups excluding carboxylic acids is 1. The highest BCUT2D eigenvalue weighted by Crippen LogP contribution is 2.62. The molecule has 0 radical (unpaired) electrons. The standard InChI is InChI=1S/C60H65N3O11/c1-5-33-71-60-55(62(38-41-19-28-53-54(34-41)70-39-69-53)56(66)30-20-40-17-23-45(24-18-40)63(67)68)37-51(61-74-59(2,3)4)49-35-44(15-9-11-31-64)48(16-10-12-32-65)57(58(49)60)50-36-47(27-29-52(50)73-60)72-46-25-21-43(22-26-46)42-13-7-6-8-14-42/h5-8,13-14,17-30,34-36,44,48,55,57-58,64-65H,1,9-12,15-16,31-33,37-39H2,2-4H3. The molecule has 6 atom stereocenters. The van der Waals surface area contributed by atoms with Crippen molar-refractivity contribution in [3.05, 3.63) is 172 Å². The van der Waals surface area contributed by atoms with E-state index in [0.717, 1.165) is 53.5 Å². The van der Waals surface area contributed by atoms with E-state index in [2.05, 4.69) is 30.9 Å². The summed E-state index contributed by atoms with van der Waals surface area (Å²) in [4.78, 5) is 34.6. The smallest absolute Gasteiger partial charge is 0.269 e. The summed E-state index contributed by atoms with van der Waals surface area (Å²) in [6, 6.07) is 34.9. The lowest BCUT2D eigenvalue weighted by Crippen LogP contribution is -2.70. The quantitative estimate of drug-likeness (QED) is 0.0236. The summed E-state index contributed by atoms with van der Waals surface area (Å²) < 4.78 is 32.9. The van der Waals surface area contributed by atoms with Crippen LogP contribution in [0.15, 0.2) is 151 Å². The van der Waals surface area contributed by atoms with Crippen LogP contribution in [-0.4, -0.2) is 75.7 Å². The molecule has 0 saturated heterocycles. The topological polar surface area (TPSA) is 172 Å². The van der Waals surface area contributed by atoms with Gasteiger partial charge in [0.1, 0.15) is 28.9 Å². The number of benzene rings is 5. The van der Waals surface area contributed by atoms with E-state index in [-0.39, 0.29) is 68.9 Å². The van der Waals surface area contributed by atoms with Gasteiger partial charge in [-0.25, -0.2) is 0 Å². The molecule has 14 heteroatoms. The first-order valence-electron chi connectivity index (χ1n) is 25.6. The Kier molecular flexibility index (Phi) is 16.0. The number of ether oxygens (including phenoxy) is 5. The van der Waals surface area contributed by atoms with Gasteiger partial charge in [0.2, 0.25) is 18.5 Å². The van der Waals surface area contributed by atoms with E-state index in [9.17, 15) is 20.3 Å². The normalized spacial score (nSPS) is 22.0. The van der Waals surface area contributed by atoms with Gasteiger partial charge in [0.05, 0.1) is 23.2 Å². The molecule has 0 bridgehead atoms. The summed E-state index contributed by atoms with van der Waals surface area (Å²) in [6.07, 6.45) is 11.6. The fourth-order valence-corrected chi connectivity index (χ4v) is 10.9. The molecular formula is C60H65N3O11. The van der Waals surface area contributed by atoms with E-state index in [1.807, 2.05) is 93.6 Å². The highest BCUT2D eigenvalue weighted by molar-refractivity contribution is 6.03. The van der Waals surface area contributed by atoms with Crippen LogP contribution in [0.4, 0.5) is 5.69 Å². The summed E-state index contributed by atoms with van der Waals surface area (Å²) in [7, 11) is 0. The SMILES string of the molecule is C=CCOC12Oc3ccc(Oc4ccc(-c5ccccc5)cc4)cc3C3C(CCCCO)C(CCCCO)C=C(C(=NOC(C)(C)C)CC1N(Cc1ccc4c(c1)OCO4)C(=O)C=Cc1ccc([N+](=O)[O-])cc1)C32. The Hall–Kier alpha value is -7.26. The second-order valence-corrected chi connectivity index (χ2v) is 20.3. The van der Waals surface area contributed by atoms with Crippen molar-refractivity contribution in [3.63, 3.8) is 0 Å². The number of hydrogen-bond acceptors (Lipinski definition) is 12. The van der Waals surface area contributed by atoms with E-state index >= 15 is 4.79 Å². The Morgan fingerprint density at radius 1 is 0.865 bits per heavy atom. The average Bonchev–Trinajstić information content (AvgIpc) is 3.88. The van der Waals surface area contributed by atoms with E-state index in [1.54, 1.807) is 29.2 Å². The molecular weight excluding hydrogens is 939 g/mol. The molecule has 1 saturated carbocycles. The lowest BCUT2D eigenvalue weighted by molar-refractivity contribution is -0.384. The Morgan fingerprint density at radius 2 is 1.57 bits per heavy atom. The van der Waals surface area contributed by atoms with Gasteiger partial charge in [-0.3, -0.25) is 14.9 Å². The molecule has 2 heterocycles. The van der Waals surface area contributed by atoms with Crippen LogP contribution in [-0.2, 0) is 20.9 Å². The zero-order valence-electron chi connectivity index (χ0n) is 42.3. The number of aliphatic hydroxyl groups excluding tert-OH is 2. The monoisotopic (exact) mass is 1000 g/mol. The predicted octanol–water partition coefficient (Wildman–Crippen LogP) is 12.0. The number of aliphatic hydroxyl groups is 2. The fraction of sp³-hybridized carbons (Fsp3) is 0.367. The van der Waals surface area contributed by atoms with E-state index in [1.165, 1.54) is 18.2 Å². The van der Waals surface area contributed by atoms with Gasteiger partial charge in [0, 0.05) is 55.9 Å². The van der Waals surface area contributed by atoms with E-state index in [0.29, 0.717) is 52.9 Å². The van der Waals surface area contributed by atoms with Crippen LogP contribution in [0.1, 0.15) is 88.3 Å². The molecule has 0 spiro atoms. The summed E-state index contributed by atoms with van der Waals surface area (Å²) in [6.45, 7) is 10.3. The number of nitro groups is 1. The number of nitro benzene ring substituents is 1. The molecule has 5 aromatic carbocycles. The highest BCUT2D eigenvalue weighted by atomic mass is 16.7. The van der Waals surface area contributed by atoms with Gasteiger partial charge in [-0.2, -0.15) is 0 Å². The average molecular weight is 1000 g/mol. The molecule has 2 aliphatic carbocycles. The number of unbranched alkanes of at least 4 members (excludes halogenated alkanes) is 2. The van der Waals surface area contributed by atoms with Crippen molar-refractivity contribution in [2.24, 2.45) is 22.9 Å². The Morgan fingerprint density at radius 3 is 2.28 bits per heavy atom. The highest BCUT2D eigenvalue weighted by Gasteiger charge is 2.65. The number of carbonyl (C=O) groups is 1. The van der Waals surface area contributed by atoms with Crippen LogP contribution < -0.4 is 18.9 Å². The molecule has 6 unspecified atom stereocenters. The van der Waals surface area contributed by atoms with Crippen molar-refractivity contribution >= 4 is 23.4 Å². The first kappa shape index (κ1) is 51.6. The number of hydrogen-bond donors (Lipinski definition) is 2. The molecule has 2 N–H and O–H groups in total. The Bertz CT molecular complexity index is 2880. The molecule has 1 fully saturated rings. The number of rotatable bonds is 21. The third-order valence-electron chi connectivity index (χ3n) is 14.2. The van der Waals surface area contributed by atoms with Crippen LogP contribution in [0.3, 0.4) is 0 Å². The van der Waals surface area contributed by atoms with Crippen LogP contribution in [0.2, 0.25) is 0 Å². The first-order valence-corrected chi connectivity index (χ1v) is 25.6. The third kappa shape index (κ3) is 11.4. The minimum absolute atomic E-state index is 0.0158. The van der Waals surface area contributed by atoms with Gasteiger partial charge >= 0.3 is 0 Å². The molecule has 4 aliphatic rings. The van der Waals surface area contributed by atoms with Crippen LogP contribution in [0.25, 0.3) is 17.2 Å². The number of fused-ring (bicyclic) bond motifs is 3. The van der Waals surface area contributed by atoms with Crippen LogP contribution in [0, 0.1) is 27.9 Å². The lowest BCUT2D eigenvalue weighted by atomic mass is 9.55. The van der Waals surface area contributed by atoms with Gasteiger partial charge in [0.25, 0.3) is 5.69 Å². The Balaban J connectivity index is 1.22. The maximum atomic E-state index is 15.4. The van der Waals surface area contributed by atoms with Crippen molar-refractivity contribution in [3.8, 4) is 39.9 Å². The first-order chi connectivity index (χ1) is 35.9. The van der Waals surface area contributed by atoms with Crippen molar-refractivity contribution < 1.29 is 48.5 Å². The molecule has 9 rings (SSSR count).